The molecule has 0 aliphatic carbocycles. The standard InChI is InChI=1S/C15H18N4/c16-6-1-7-18-8-10-19(11-9-18)13-15-4-2-14(12-17)3-5-15/h2-5H,1,7-11,13H2. The van der Waals surface area contributed by atoms with Crippen LogP contribution >= 0.6 is 0 Å². The van der Waals surface area contributed by atoms with Crippen molar-refractivity contribution in [3.8, 4) is 12.1 Å². The van der Waals surface area contributed by atoms with E-state index in [-0.39, 0.29) is 0 Å². The molecule has 1 aromatic rings. The fourth-order valence-electron chi connectivity index (χ4n) is 2.32. The van der Waals surface area contributed by atoms with Crippen LogP contribution in [0, 0.1) is 22.7 Å². The number of hydrogen-bond acceptors (Lipinski definition) is 4. The third-order valence-electron chi connectivity index (χ3n) is 3.49. The van der Waals surface area contributed by atoms with Crippen LogP contribution in [0.15, 0.2) is 24.3 Å². The summed E-state index contributed by atoms with van der Waals surface area (Å²) in [6, 6.07) is 12.1. The first-order valence-electron chi connectivity index (χ1n) is 6.62. The van der Waals surface area contributed by atoms with Crippen molar-refractivity contribution in [2.45, 2.75) is 13.0 Å². The van der Waals surface area contributed by atoms with E-state index < -0.39 is 0 Å². The Balaban J connectivity index is 1.79. The van der Waals surface area contributed by atoms with Crippen molar-refractivity contribution in [1.29, 1.82) is 10.5 Å². The maximum Gasteiger partial charge on any atom is 0.0991 e. The van der Waals surface area contributed by atoms with Crippen molar-refractivity contribution in [3.63, 3.8) is 0 Å². The predicted octanol–water partition coefficient (Wildman–Crippen LogP) is 1.59. The zero-order valence-electron chi connectivity index (χ0n) is 11.0. The van der Waals surface area contributed by atoms with E-state index in [9.17, 15) is 0 Å². The number of rotatable bonds is 4. The highest BCUT2D eigenvalue weighted by Crippen LogP contribution is 2.10. The molecule has 0 radical (unpaired) electrons. The van der Waals surface area contributed by atoms with Gasteiger partial charge in [0.1, 0.15) is 0 Å². The lowest BCUT2D eigenvalue weighted by molar-refractivity contribution is 0.129. The van der Waals surface area contributed by atoms with E-state index in [1.165, 1.54) is 5.56 Å². The van der Waals surface area contributed by atoms with E-state index in [2.05, 4.69) is 21.9 Å². The molecule has 1 fully saturated rings. The molecule has 4 nitrogen and oxygen atoms in total. The molecule has 19 heavy (non-hydrogen) atoms. The topological polar surface area (TPSA) is 54.1 Å². The molecule has 0 unspecified atom stereocenters. The van der Waals surface area contributed by atoms with Crippen LogP contribution in [0.4, 0.5) is 0 Å². The molecule has 0 spiro atoms. The van der Waals surface area contributed by atoms with Crippen LogP contribution < -0.4 is 0 Å². The maximum absolute atomic E-state index is 8.76. The first-order chi connectivity index (χ1) is 9.31. The van der Waals surface area contributed by atoms with Crippen molar-refractivity contribution in [2.75, 3.05) is 32.7 Å². The fraction of sp³-hybridized carbons (Fsp3) is 0.467. The van der Waals surface area contributed by atoms with Gasteiger partial charge in [-0.1, -0.05) is 12.1 Å². The molecule has 4 heteroatoms. The number of piperazine rings is 1. The summed E-state index contributed by atoms with van der Waals surface area (Å²) in [7, 11) is 0. The van der Waals surface area contributed by atoms with Gasteiger partial charge in [-0.2, -0.15) is 10.5 Å². The molecule has 98 valence electrons. The molecule has 2 rings (SSSR count). The molecule has 0 bridgehead atoms. The van der Waals surface area contributed by atoms with Crippen LogP contribution in [0.1, 0.15) is 17.5 Å². The second kappa shape index (κ2) is 6.89. The number of benzene rings is 1. The first kappa shape index (κ1) is 13.5. The third kappa shape index (κ3) is 4.06. The van der Waals surface area contributed by atoms with Gasteiger partial charge in [0.2, 0.25) is 0 Å². The number of nitrogens with zero attached hydrogens (tertiary/aromatic N) is 4. The summed E-state index contributed by atoms with van der Waals surface area (Å²) >= 11 is 0. The molecule has 1 aliphatic heterocycles. The molecule has 0 N–H and O–H groups in total. The van der Waals surface area contributed by atoms with E-state index in [1.54, 1.807) is 0 Å². The monoisotopic (exact) mass is 254 g/mol. The molecule has 1 heterocycles. The van der Waals surface area contributed by atoms with Gasteiger partial charge in [0.25, 0.3) is 0 Å². The predicted molar refractivity (Wildman–Crippen MR) is 73.1 cm³/mol. The van der Waals surface area contributed by atoms with Crippen molar-refractivity contribution in [2.24, 2.45) is 0 Å². The quantitative estimate of drug-likeness (QED) is 0.818. The molecule has 1 aromatic carbocycles. The lowest BCUT2D eigenvalue weighted by Gasteiger charge is -2.34. The largest absolute Gasteiger partial charge is 0.300 e. The summed E-state index contributed by atoms with van der Waals surface area (Å²) in [5, 5.41) is 17.3. The van der Waals surface area contributed by atoms with Gasteiger partial charge in [0.15, 0.2) is 0 Å². The van der Waals surface area contributed by atoms with Crippen molar-refractivity contribution in [3.05, 3.63) is 35.4 Å². The summed E-state index contributed by atoms with van der Waals surface area (Å²) in [5.74, 6) is 0. The summed E-state index contributed by atoms with van der Waals surface area (Å²) in [4.78, 5) is 4.77. The van der Waals surface area contributed by atoms with Crippen LogP contribution in [-0.2, 0) is 6.54 Å². The Kier molecular flexibility index (Phi) is 4.92. The highest BCUT2D eigenvalue weighted by Gasteiger charge is 2.16. The number of nitriles is 2. The molecule has 0 atom stereocenters. The van der Waals surface area contributed by atoms with Gasteiger partial charge in [-0.3, -0.25) is 9.80 Å². The third-order valence-corrected chi connectivity index (χ3v) is 3.49. The van der Waals surface area contributed by atoms with Crippen LogP contribution in [-0.4, -0.2) is 42.5 Å². The molecule has 0 amide bonds. The summed E-state index contributed by atoms with van der Waals surface area (Å²) in [6.07, 6.45) is 0.621. The fourth-order valence-corrected chi connectivity index (χ4v) is 2.32. The van der Waals surface area contributed by atoms with Crippen LogP contribution in [0.25, 0.3) is 0 Å². The van der Waals surface area contributed by atoms with Crippen molar-refractivity contribution in [1.82, 2.24) is 9.80 Å². The zero-order chi connectivity index (χ0) is 13.5. The molecule has 0 aromatic heterocycles. The first-order valence-corrected chi connectivity index (χ1v) is 6.62. The molecular weight excluding hydrogens is 236 g/mol. The summed E-state index contributed by atoms with van der Waals surface area (Å²) < 4.78 is 0. The van der Waals surface area contributed by atoms with Crippen molar-refractivity contribution >= 4 is 0 Å². The van der Waals surface area contributed by atoms with E-state index in [0.29, 0.717) is 12.0 Å². The Labute approximate surface area is 114 Å². The van der Waals surface area contributed by atoms with E-state index in [0.717, 1.165) is 39.3 Å². The lowest BCUT2D eigenvalue weighted by Crippen LogP contribution is -2.46. The van der Waals surface area contributed by atoms with Gasteiger partial charge in [-0.25, -0.2) is 0 Å². The molecule has 1 saturated heterocycles. The Hall–Kier alpha value is -1.88. The van der Waals surface area contributed by atoms with Gasteiger partial charge in [-0.05, 0) is 17.7 Å². The zero-order valence-corrected chi connectivity index (χ0v) is 11.0. The second-order valence-corrected chi connectivity index (χ2v) is 4.83. The second-order valence-electron chi connectivity index (χ2n) is 4.83. The SMILES string of the molecule is N#CCCN1CCN(Cc2ccc(C#N)cc2)CC1. The Morgan fingerprint density at radius 2 is 1.58 bits per heavy atom. The van der Waals surface area contributed by atoms with Gasteiger partial charge in [0, 0.05) is 45.7 Å². The van der Waals surface area contributed by atoms with Gasteiger partial charge in [0.05, 0.1) is 17.7 Å². The lowest BCUT2D eigenvalue weighted by atomic mass is 10.1. The van der Waals surface area contributed by atoms with E-state index in [4.69, 9.17) is 10.5 Å². The average molecular weight is 254 g/mol. The molecule has 0 saturated carbocycles. The minimum absolute atomic E-state index is 0.621. The minimum atomic E-state index is 0.621. The number of hydrogen-bond donors (Lipinski definition) is 0. The highest BCUT2D eigenvalue weighted by molar-refractivity contribution is 5.31. The van der Waals surface area contributed by atoms with Gasteiger partial charge < -0.3 is 0 Å². The van der Waals surface area contributed by atoms with E-state index in [1.807, 2.05) is 24.3 Å². The minimum Gasteiger partial charge on any atom is -0.300 e. The molecular formula is C15H18N4. The Morgan fingerprint density at radius 1 is 0.947 bits per heavy atom. The van der Waals surface area contributed by atoms with E-state index >= 15 is 0 Å². The highest BCUT2D eigenvalue weighted by atomic mass is 15.3. The normalized spacial score (nSPS) is 16.7. The van der Waals surface area contributed by atoms with Gasteiger partial charge >= 0.3 is 0 Å². The Bertz CT molecular complexity index is 472. The summed E-state index contributed by atoms with van der Waals surface area (Å²) in [6.45, 7) is 6.01. The van der Waals surface area contributed by atoms with Crippen LogP contribution in [0.2, 0.25) is 0 Å². The van der Waals surface area contributed by atoms with Crippen molar-refractivity contribution < 1.29 is 0 Å². The Morgan fingerprint density at radius 3 is 2.16 bits per heavy atom. The van der Waals surface area contributed by atoms with Crippen LogP contribution in [0.3, 0.4) is 0 Å². The van der Waals surface area contributed by atoms with Crippen LogP contribution in [0.5, 0.6) is 0 Å². The van der Waals surface area contributed by atoms with Gasteiger partial charge in [-0.15, -0.1) is 0 Å². The average Bonchev–Trinajstić information content (AvgIpc) is 2.47. The molecule has 1 aliphatic rings. The summed E-state index contributed by atoms with van der Waals surface area (Å²) in [5.41, 5.74) is 1.97. The maximum atomic E-state index is 8.76. The smallest absolute Gasteiger partial charge is 0.0991 e.